The predicted octanol–water partition coefficient (Wildman–Crippen LogP) is 2.51. The van der Waals surface area contributed by atoms with Crippen LogP contribution in [0.2, 0.25) is 5.02 Å². The lowest BCUT2D eigenvalue weighted by atomic mass is 9.93. The summed E-state index contributed by atoms with van der Waals surface area (Å²) in [6, 6.07) is 9.10. The number of carbonyl (C=O) groups excluding carboxylic acids is 2. The van der Waals surface area contributed by atoms with Gasteiger partial charge in [-0.05, 0) is 31.0 Å². The van der Waals surface area contributed by atoms with Gasteiger partial charge in [-0.25, -0.2) is 0 Å². The summed E-state index contributed by atoms with van der Waals surface area (Å²) in [4.78, 5) is 43.9. The lowest BCUT2D eigenvalue weighted by molar-refractivity contribution is 0.0745. The fourth-order valence-corrected chi connectivity index (χ4v) is 4.02. The molecule has 0 unspecified atom stereocenters. The van der Waals surface area contributed by atoms with Crippen LogP contribution in [0.15, 0.2) is 35.1 Å². The molecule has 2 aliphatic rings. The summed E-state index contributed by atoms with van der Waals surface area (Å²) >= 11 is 6.25. The number of hydrogen-bond acceptors (Lipinski definition) is 4. The molecule has 1 fully saturated rings. The largest absolute Gasteiger partial charge is 0.367 e. The van der Waals surface area contributed by atoms with Gasteiger partial charge in [-0.15, -0.1) is 0 Å². The minimum Gasteiger partial charge on any atom is -0.367 e. The molecule has 1 aliphatic heterocycles. The predicted molar refractivity (Wildman–Crippen MR) is 104 cm³/mol. The summed E-state index contributed by atoms with van der Waals surface area (Å²) in [5.74, 6) is -0.332. The highest BCUT2D eigenvalue weighted by Gasteiger charge is 2.27. The second-order valence-electron chi connectivity index (χ2n) is 6.91. The van der Waals surface area contributed by atoms with Crippen molar-refractivity contribution >= 4 is 29.0 Å². The molecule has 1 N–H and O–H groups in total. The van der Waals surface area contributed by atoms with E-state index in [1.807, 2.05) is 24.3 Å². The molecule has 7 heteroatoms. The number of Topliss-reactive ketones (excluding diaryl/α,β-unsaturated/α-hetero) is 1. The number of pyridine rings is 1. The van der Waals surface area contributed by atoms with E-state index in [9.17, 15) is 14.4 Å². The van der Waals surface area contributed by atoms with Crippen molar-refractivity contribution in [3.8, 4) is 0 Å². The quantitative estimate of drug-likeness (QED) is 0.862. The van der Waals surface area contributed by atoms with Gasteiger partial charge < -0.3 is 14.8 Å². The third kappa shape index (κ3) is 3.37. The zero-order chi connectivity index (χ0) is 19.0. The van der Waals surface area contributed by atoms with E-state index in [-0.39, 0.29) is 17.3 Å². The number of nitrogens with zero attached hydrogens (tertiary/aromatic N) is 2. The summed E-state index contributed by atoms with van der Waals surface area (Å²) in [5.41, 5.74) is 1.72. The van der Waals surface area contributed by atoms with Gasteiger partial charge in [0.15, 0.2) is 5.78 Å². The maximum absolute atomic E-state index is 12.9. The number of nitrogens with one attached hydrogen (secondary N) is 1. The van der Waals surface area contributed by atoms with Crippen molar-refractivity contribution in [2.75, 3.05) is 31.1 Å². The number of benzene rings is 1. The summed E-state index contributed by atoms with van der Waals surface area (Å²) in [6.45, 7) is 2.26. The SMILES string of the molecule is O=C1CCCc2[nH]c(=O)c(C(=O)N3CCN(c4ccccc4Cl)CC3)cc21. The van der Waals surface area contributed by atoms with Gasteiger partial charge >= 0.3 is 0 Å². The molecule has 0 spiro atoms. The number of aromatic nitrogens is 1. The summed E-state index contributed by atoms with van der Waals surface area (Å²) in [7, 11) is 0. The number of aryl methyl sites for hydroxylation is 1. The van der Waals surface area contributed by atoms with Crippen LogP contribution in [0, 0.1) is 0 Å². The molecule has 1 aromatic carbocycles. The average Bonchev–Trinajstić information content (AvgIpc) is 2.68. The molecule has 1 aliphatic carbocycles. The molecule has 2 aromatic rings. The Morgan fingerprint density at radius 2 is 1.78 bits per heavy atom. The number of rotatable bonds is 2. The van der Waals surface area contributed by atoms with Crippen LogP contribution >= 0.6 is 11.6 Å². The number of para-hydroxylation sites is 1. The van der Waals surface area contributed by atoms with Crippen molar-refractivity contribution in [3.63, 3.8) is 0 Å². The number of hydrogen-bond donors (Lipinski definition) is 1. The fourth-order valence-electron chi connectivity index (χ4n) is 3.76. The van der Waals surface area contributed by atoms with Gasteiger partial charge in [0, 0.05) is 43.9 Å². The number of halogens is 1. The molecular formula is C20H20ClN3O3. The van der Waals surface area contributed by atoms with E-state index in [1.165, 1.54) is 6.07 Å². The molecule has 0 bridgehead atoms. The topological polar surface area (TPSA) is 73.5 Å². The van der Waals surface area contributed by atoms with E-state index in [4.69, 9.17) is 11.6 Å². The Morgan fingerprint density at radius 1 is 1.04 bits per heavy atom. The number of amides is 1. The number of fused-ring (bicyclic) bond motifs is 1. The van der Waals surface area contributed by atoms with Crippen molar-refractivity contribution in [1.82, 2.24) is 9.88 Å². The second kappa shape index (κ2) is 7.19. The second-order valence-corrected chi connectivity index (χ2v) is 7.32. The van der Waals surface area contributed by atoms with E-state index in [2.05, 4.69) is 9.88 Å². The maximum Gasteiger partial charge on any atom is 0.261 e. The van der Waals surface area contributed by atoms with Crippen LogP contribution in [0.25, 0.3) is 0 Å². The number of anilines is 1. The molecule has 1 amide bonds. The van der Waals surface area contributed by atoms with Crippen LogP contribution in [-0.4, -0.2) is 47.8 Å². The first-order chi connectivity index (χ1) is 13.0. The van der Waals surface area contributed by atoms with E-state index in [1.54, 1.807) is 4.90 Å². The molecule has 1 saturated heterocycles. The zero-order valence-electron chi connectivity index (χ0n) is 14.8. The standard InChI is InChI=1S/C20H20ClN3O3/c21-15-4-1-2-6-17(15)23-8-10-24(11-9-23)20(27)14-12-13-16(22-19(14)26)5-3-7-18(13)25/h1-2,4,6,12H,3,5,7-11H2,(H,22,26). The molecular weight excluding hydrogens is 366 g/mol. The van der Waals surface area contributed by atoms with Gasteiger partial charge in [-0.2, -0.15) is 0 Å². The molecule has 0 radical (unpaired) electrons. The van der Waals surface area contributed by atoms with Crippen molar-refractivity contribution in [2.45, 2.75) is 19.3 Å². The highest BCUT2D eigenvalue weighted by Crippen LogP contribution is 2.26. The average molecular weight is 386 g/mol. The Hall–Kier alpha value is -2.60. The molecule has 27 heavy (non-hydrogen) atoms. The Bertz CT molecular complexity index is 961. The normalized spacial score (nSPS) is 17.0. The smallest absolute Gasteiger partial charge is 0.261 e. The van der Waals surface area contributed by atoms with E-state index in [0.717, 1.165) is 12.1 Å². The number of aromatic amines is 1. The van der Waals surface area contributed by atoms with E-state index >= 15 is 0 Å². The monoisotopic (exact) mass is 385 g/mol. The first kappa shape index (κ1) is 17.8. The number of ketones is 1. The number of H-pyrrole nitrogens is 1. The highest BCUT2D eigenvalue weighted by atomic mass is 35.5. The van der Waals surface area contributed by atoms with Crippen LogP contribution in [-0.2, 0) is 6.42 Å². The lowest BCUT2D eigenvalue weighted by Gasteiger charge is -2.36. The minimum absolute atomic E-state index is 0.00918. The summed E-state index contributed by atoms with van der Waals surface area (Å²) < 4.78 is 0. The Morgan fingerprint density at radius 3 is 2.52 bits per heavy atom. The Balaban J connectivity index is 1.52. The van der Waals surface area contributed by atoms with Crippen LogP contribution in [0.4, 0.5) is 5.69 Å². The third-order valence-electron chi connectivity index (χ3n) is 5.24. The zero-order valence-corrected chi connectivity index (χ0v) is 15.6. The molecule has 4 rings (SSSR count). The van der Waals surface area contributed by atoms with Crippen LogP contribution in [0.5, 0.6) is 0 Å². The number of carbonyl (C=O) groups is 2. The highest BCUT2D eigenvalue weighted by molar-refractivity contribution is 6.33. The van der Waals surface area contributed by atoms with Gasteiger partial charge in [0.1, 0.15) is 5.56 Å². The molecule has 0 saturated carbocycles. The van der Waals surface area contributed by atoms with Gasteiger partial charge in [0.25, 0.3) is 11.5 Å². The lowest BCUT2D eigenvalue weighted by Crippen LogP contribution is -2.49. The Labute approximate surface area is 161 Å². The summed E-state index contributed by atoms with van der Waals surface area (Å²) in [6.07, 6.45) is 1.86. The van der Waals surface area contributed by atoms with Crippen molar-refractivity contribution in [3.05, 3.63) is 62.5 Å². The van der Waals surface area contributed by atoms with Gasteiger partial charge in [0.05, 0.1) is 10.7 Å². The van der Waals surface area contributed by atoms with Gasteiger partial charge in [-0.3, -0.25) is 14.4 Å². The summed E-state index contributed by atoms with van der Waals surface area (Å²) in [5, 5.41) is 0.682. The van der Waals surface area contributed by atoms with Crippen molar-refractivity contribution < 1.29 is 9.59 Å². The minimum atomic E-state index is -0.415. The first-order valence-corrected chi connectivity index (χ1v) is 9.50. The third-order valence-corrected chi connectivity index (χ3v) is 5.56. The molecule has 140 valence electrons. The fraction of sp³-hybridized carbons (Fsp3) is 0.350. The molecule has 1 aromatic heterocycles. The Kier molecular flexibility index (Phi) is 4.74. The molecule has 6 nitrogen and oxygen atoms in total. The van der Waals surface area contributed by atoms with Crippen LogP contribution in [0.3, 0.4) is 0 Å². The van der Waals surface area contributed by atoms with Crippen LogP contribution < -0.4 is 10.5 Å². The van der Waals surface area contributed by atoms with Gasteiger partial charge in [-0.1, -0.05) is 23.7 Å². The van der Waals surface area contributed by atoms with E-state index < -0.39 is 5.56 Å². The van der Waals surface area contributed by atoms with Crippen molar-refractivity contribution in [1.29, 1.82) is 0 Å². The van der Waals surface area contributed by atoms with Crippen molar-refractivity contribution in [2.24, 2.45) is 0 Å². The molecule has 0 atom stereocenters. The van der Waals surface area contributed by atoms with Crippen LogP contribution in [0.1, 0.15) is 39.3 Å². The van der Waals surface area contributed by atoms with E-state index in [0.29, 0.717) is 55.3 Å². The van der Waals surface area contributed by atoms with Gasteiger partial charge in [0.2, 0.25) is 0 Å². The maximum atomic E-state index is 12.9. The molecule has 2 heterocycles. The number of piperazine rings is 1. The first-order valence-electron chi connectivity index (χ1n) is 9.13.